The number of nitrogens with two attached hydrogens (primary N) is 1. The van der Waals surface area contributed by atoms with Crippen LogP contribution < -0.4 is 16.4 Å². The van der Waals surface area contributed by atoms with Crippen molar-refractivity contribution in [3.05, 3.63) is 34.9 Å². The van der Waals surface area contributed by atoms with Gasteiger partial charge in [-0.05, 0) is 71.9 Å². The van der Waals surface area contributed by atoms with Gasteiger partial charge < -0.3 is 26.0 Å². The van der Waals surface area contributed by atoms with Gasteiger partial charge in [-0.25, -0.2) is 4.79 Å². The number of ether oxygens (including phenoxy) is 1. The van der Waals surface area contributed by atoms with E-state index in [1.54, 1.807) is 20.8 Å². The molecule has 0 saturated carbocycles. The first-order chi connectivity index (χ1) is 17.7. The molecule has 1 rings (SSSR count). The maximum atomic E-state index is 14.2. The average Bonchev–Trinajstić information content (AvgIpc) is 2.81. The van der Waals surface area contributed by atoms with E-state index in [-0.39, 0.29) is 24.8 Å². The molecule has 0 bridgehead atoms. The minimum Gasteiger partial charge on any atom is -0.444 e. The second kappa shape index (κ2) is 15.3. The lowest BCUT2D eigenvalue weighted by atomic mass is 9.94. The van der Waals surface area contributed by atoms with Crippen LogP contribution in [-0.4, -0.2) is 52.9 Å². The minimum atomic E-state index is -1.10. The Balaban J connectivity index is 3.54. The lowest BCUT2D eigenvalue weighted by Crippen LogP contribution is -2.55. The fraction of sp³-hybridized carbons (Fsp3) is 0.655. The summed E-state index contributed by atoms with van der Waals surface area (Å²) in [6, 6.07) is 3.41. The Hall–Kier alpha value is -3.10. The number of unbranched alkanes of at least 4 members (excludes halogenated alkanes) is 2. The van der Waals surface area contributed by atoms with Crippen molar-refractivity contribution in [2.75, 3.05) is 6.54 Å². The fourth-order valence-electron chi connectivity index (χ4n) is 4.20. The number of alkyl carbamates (subject to hydrolysis) is 1. The molecule has 4 N–H and O–H groups in total. The van der Waals surface area contributed by atoms with Gasteiger partial charge in [0.2, 0.25) is 17.7 Å². The van der Waals surface area contributed by atoms with Crippen LogP contribution in [0.3, 0.4) is 0 Å². The van der Waals surface area contributed by atoms with Crippen LogP contribution in [0.2, 0.25) is 0 Å². The number of carbonyl (C=O) groups is 4. The molecule has 214 valence electrons. The summed E-state index contributed by atoms with van der Waals surface area (Å²) in [4.78, 5) is 53.7. The highest BCUT2D eigenvalue weighted by molar-refractivity contribution is 5.93. The summed E-state index contributed by atoms with van der Waals surface area (Å²) in [5, 5.41) is 5.64. The van der Waals surface area contributed by atoms with Crippen LogP contribution in [0.4, 0.5) is 4.79 Å². The Morgan fingerprint density at radius 2 is 1.74 bits per heavy atom. The molecular formula is C29H48N4O5. The van der Waals surface area contributed by atoms with Crippen molar-refractivity contribution in [1.29, 1.82) is 0 Å². The molecule has 0 spiro atoms. The number of rotatable bonds is 14. The van der Waals surface area contributed by atoms with E-state index in [9.17, 15) is 19.2 Å². The van der Waals surface area contributed by atoms with Crippen molar-refractivity contribution in [2.24, 2.45) is 5.73 Å². The zero-order chi connectivity index (χ0) is 29.0. The van der Waals surface area contributed by atoms with Crippen LogP contribution in [0.5, 0.6) is 0 Å². The van der Waals surface area contributed by atoms with E-state index in [1.807, 2.05) is 45.9 Å². The van der Waals surface area contributed by atoms with Crippen LogP contribution in [0.15, 0.2) is 18.2 Å². The van der Waals surface area contributed by atoms with Gasteiger partial charge in [-0.1, -0.05) is 50.5 Å². The Kier molecular flexibility index (Phi) is 13.3. The highest BCUT2D eigenvalue weighted by atomic mass is 16.6. The van der Waals surface area contributed by atoms with E-state index in [2.05, 4.69) is 17.6 Å². The number of nitrogens with zero attached hydrogens (tertiary/aromatic N) is 1. The number of aryl methyl sites for hydroxylation is 2. The molecule has 3 unspecified atom stereocenters. The Morgan fingerprint density at radius 1 is 1.08 bits per heavy atom. The number of hydrogen-bond acceptors (Lipinski definition) is 5. The van der Waals surface area contributed by atoms with Crippen molar-refractivity contribution < 1.29 is 23.9 Å². The highest BCUT2D eigenvalue weighted by Gasteiger charge is 2.39. The molecular weight excluding hydrogens is 484 g/mol. The smallest absolute Gasteiger partial charge is 0.408 e. The van der Waals surface area contributed by atoms with Crippen molar-refractivity contribution in [1.82, 2.24) is 15.5 Å². The molecule has 38 heavy (non-hydrogen) atoms. The monoisotopic (exact) mass is 532 g/mol. The van der Waals surface area contributed by atoms with Crippen molar-refractivity contribution in [2.45, 2.75) is 118 Å². The number of carbonyl (C=O) groups excluding carboxylic acids is 4. The number of amides is 4. The molecule has 0 aliphatic rings. The third-order valence-corrected chi connectivity index (χ3v) is 6.31. The predicted molar refractivity (Wildman–Crippen MR) is 149 cm³/mol. The van der Waals surface area contributed by atoms with Crippen LogP contribution in [0, 0.1) is 13.8 Å². The summed E-state index contributed by atoms with van der Waals surface area (Å²) in [5.74, 6) is -1.35. The van der Waals surface area contributed by atoms with Crippen molar-refractivity contribution in [3.63, 3.8) is 0 Å². The average molecular weight is 533 g/mol. The Morgan fingerprint density at radius 3 is 2.26 bits per heavy atom. The van der Waals surface area contributed by atoms with Gasteiger partial charge in [0.25, 0.3) is 0 Å². The van der Waals surface area contributed by atoms with E-state index in [0.29, 0.717) is 18.5 Å². The molecule has 0 heterocycles. The second-order valence-corrected chi connectivity index (χ2v) is 11.0. The maximum absolute atomic E-state index is 14.2. The second-order valence-electron chi connectivity index (χ2n) is 11.0. The first kappa shape index (κ1) is 32.9. The lowest BCUT2D eigenvalue weighted by molar-refractivity contribution is -0.145. The number of hydrogen-bond donors (Lipinski definition) is 3. The van der Waals surface area contributed by atoms with Crippen LogP contribution in [0.25, 0.3) is 0 Å². The summed E-state index contributed by atoms with van der Waals surface area (Å²) >= 11 is 0. The molecule has 0 aliphatic carbocycles. The number of nitrogens with one attached hydrogen (secondary N) is 2. The molecule has 0 aliphatic heterocycles. The van der Waals surface area contributed by atoms with Crippen molar-refractivity contribution >= 4 is 23.8 Å². The van der Waals surface area contributed by atoms with Gasteiger partial charge in [0.15, 0.2) is 0 Å². The van der Waals surface area contributed by atoms with Gasteiger partial charge in [0.05, 0.1) is 0 Å². The van der Waals surface area contributed by atoms with Gasteiger partial charge in [0.1, 0.15) is 17.7 Å². The first-order valence-corrected chi connectivity index (χ1v) is 13.7. The quantitative estimate of drug-likeness (QED) is 0.305. The summed E-state index contributed by atoms with van der Waals surface area (Å²) in [7, 11) is 0. The lowest BCUT2D eigenvalue weighted by Gasteiger charge is -2.38. The molecule has 0 saturated heterocycles. The van der Waals surface area contributed by atoms with Crippen LogP contribution in [0.1, 0.15) is 103 Å². The summed E-state index contributed by atoms with van der Waals surface area (Å²) < 4.78 is 5.38. The van der Waals surface area contributed by atoms with Crippen LogP contribution >= 0.6 is 0 Å². The SMILES string of the molecule is CCCCCNC(=O)C(c1ccc(C)cc1C)N(C(=O)C(CCC(N)=O)NC(=O)OC(C)(C)C)C(C)CC. The molecule has 0 aromatic heterocycles. The summed E-state index contributed by atoms with van der Waals surface area (Å²) in [5.41, 5.74) is 7.23. The van der Waals surface area contributed by atoms with Crippen molar-refractivity contribution in [3.8, 4) is 0 Å². The molecule has 9 heteroatoms. The van der Waals surface area contributed by atoms with Gasteiger partial charge >= 0.3 is 6.09 Å². The molecule has 9 nitrogen and oxygen atoms in total. The topological polar surface area (TPSA) is 131 Å². The van der Waals surface area contributed by atoms with E-state index in [0.717, 1.165) is 30.4 Å². The normalized spacial score (nSPS) is 13.7. The standard InChI is InChI=1S/C29H48N4O5/c1-9-11-12-17-31-26(35)25(22-14-13-19(3)18-20(22)4)33(21(5)10-2)27(36)23(15-16-24(30)34)32-28(37)38-29(6,7)8/h13-14,18,21,23,25H,9-12,15-17H2,1-8H3,(H2,30,34)(H,31,35)(H,32,37). The Bertz CT molecular complexity index is 957. The highest BCUT2D eigenvalue weighted by Crippen LogP contribution is 2.29. The molecule has 0 fully saturated rings. The van der Waals surface area contributed by atoms with E-state index < -0.39 is 35.6 Å². The molecule has 1 aromatic rings. The minimum absolute atomic E-state index is 0.0158. The first-order valence-electron chi connectivity index (χ1n) is 13.7. The Labute approximate surface area is 228 Å². The largest absolute Gasteiger partial charge is 0.444 e. The van der Waals surface area contributed by atoms with Crippen LogP contribution in [-0.2, 0) is 19.1 Å². The molecule has 4 amide bonds. The van der Waals surface area contributed by atoms with Gasteiger partial charge in [-0.15, -0.1) is 0 Å². The maximum Gasteiger partial charge on any atom is 0.408 e. The van der Waals surface area contributed by atoms with Gasteiger partial charge in [0, 0.05) is 19.0 Å². The predicted octanol–water partition coefficient (Wildman–Crippen LogP) is 4.44. The third kappa shape index (κ3) is 10.7. The molecule has 3 atom stereocenters. The third-order valence-electron chi connectivity index (χ3n) is 6.31. The summed E-state index contributed by atoms with van der Waals surface area (Å²) in [6.07, 6.45) is 2.50. The number of primary amides is 1. The van der Waals surface area contributed by atoms with Gasteiger partial charge in [-0.2, -0.15) is 0 Å². The fourth-order valence-corrected chi connectivity index (χ4v) is 4.20. The summed E-state index contributed by atoms with van der Waals surface area (Å²) in [6.45, 7) is 15.4. The number of benzene rings is 1. The zero-order valence-electron chi connectivity index (χ0n) is 24.5. The van der Waals surface area contributed by atoms with E-state index in [1.165, 1.54) is 4.90 Å². The molecule has 0 radical (unpaired) electrons. The van der Waals surface area contributed by atoms with Gasteiger partial charge in [-0.3, -0.25) is 14.4 Å². The zero-order valence-corrected chi connectivity index (χ0v) is 24.5. The molecule has 1 aromatic carbocycles. The van der Waals surface area contributed by atoms with E-state index in [4.69, 9.17) is 10.5 Å². The van der Waals surface area contributed by atoms with E-state index >= 15 is 0 Å².